The average molecular weight is 272 g/mol. The second kappa shape index (κ2) is 4.89. The Morgan fingerprint density at radius 1 is 1.33 bits per heavy atom. The van der Waals surface area contributed by atoms with Crippen molar-refractivity contribution in [2.75, 3.05) is 5.32 Å². The normalized spacial score (nSPS) is 12.0. The first-order chi connectivity index (χ1) is 8.17. The fourth-order valence-corrected chi connectivity index (χ4v) is 1.50. The van der Waals surface area contributed by atoms with Crippen LogP contribution in [0.5, 0.6) is 0 Å². The van der Waals surface area contributed by atoms with Gasteiger partial charge in [-0.2, -0.15) is 0 Å². The first-order valence-electron chi connectivity index (χ1n) is 5.25. The Bertz CT molecular complexity index is 442. The van der Waals surface area contributed by atoms with Gasteiger partial charge in [0.15, 0.2) is 0 Å². The minimum Gasteiger partial charge on any atom is -0.481 e. The number of hydrogen-bond acceptors (Lipinski definition) is 5. The minimum atomic E-state index is -1.11. The maximum absolute atomic E-state index is 11.7. The van der Waals surface area contributed by atoms with Crippen molar-refractivity contribution >= 4 is 28.5 Å². The first-order valence-corrected chi connectivity index (χ1v) is 6.13. The van der Waals surface area contributed by atoms with Gasteiger partial charge < -0.3 is 10.4 Å². The Labute approximate surface area is 109 Å². The Morgan fingerprint density at radius 3 is 2.39 bits per heavy atom. The van der Waals surface area contributed by atoms with Crippen molar-refractivity contribution in [2.45, 2.75) is 33.2 Å². The number of nitrogens with zero attached hydrogens (tertiary/aromatic N) is 2. The SMILES string of the molecule is CC(C)(NC(=O)Nc1nncs1)C(C)(C)C(=O)O. The second-order valence-electron chi connectivity index (χ2n) is 4.88. The van der Waals surface area contributed by atoms with E-state index < -0.39 is 23.0 Å². The molecule has 0 spiro atoms. The molecule has 0 saturated carbocycles. The predicted molar refractivity (Wildman–Crippen MR) is 67.6 cm³/mol. The monoisotopic (exact) mass is 272 g/mol. The molecule has 18 heavy (non-hydrogen) atoms. The first kappa shape index (κ1) is 14.4. The molecule has 0 unspecified atom stereocenters. The predicted octanol–water partition coefficient (Wildman–Crippen LogP) is 1.55. The third kappa shape index (κ3) is 2.95. The molecular formula is C10H16N4O3S. The molecule has 0 aliphatic heterocycles. The van der Waals surface area contributed by atoms with Gasteiger partial charge in [-0.3, -0.25) is 10.1 Å². The number of amides is 2. The number of hydrogen-bond donors (Lipinski definition) is 3. The van der Waals surface area contributed by atoms with Crippen molar-refractivity contribution < 1.29 is 14.7 Å². The van der Waals surface area contributed by atoms with Gasteiger partial charge in [-0.05, 0) is 27.7 Å². The highest BCUT2D eigenvalue weighted by atomic mass is 32.1. The van der Waals surface area contributed by atoms with E-state index in [0.29, 0.717) is 5.13 Å². The van der Waals surface area contributed by atoms with Gasteiger partial charge in [0, 0.05) is 0 Å². The molecule has 1 aromatic heterocycles. The number of nitrogens with one attached hydrogen (secondary N) is 2. The van der Waals surface area contributed by atoms with Crippen LogP contribution in [0.4, 0.5) is 9.93 Å². The molecule has 8 heteroatoms. The zero-order valence-electron chi connectivity index (χ0n) is 10.6. The zero-order valence-corrected chi connectivity index (χ0v) is 11.5. The Balaban J connectivity index is 2.71. The molecule has 0 saturated heterocycles. The van der Waals surface area contributed by atoms with Crippen LogP contribution in [0.3, 0.4) is 0 Å². The zero-order chi connectivity index (χ0) is 14.0. The van der Waals surface area contributed by atoms with E-state index in [0.717, 1.165) is 0 Å². The van der Waals surface area contributed by atoms with Crippen molar-refractivity contribution in [1.82, 2.24) is 15.5 Å². The number of urea groups is 1. The van der Waals surface area contributed by atoms with Crippen LogP contribution in [0.25, 0.3) is 0 Å². The number of aromatic nitrogens is 2. The van der Waals surface area contributed by atoms with Gasteiger partial charge in [0.25, 0.3) is 0 Å². The van der Waals surface area contributed by atoms with E-state index in [-0.39, 0.29) is 0 Å². The van der Waals surface area contributed by atoms with Gasteiger partial charge in [-0.1, -0.05) is 11.3 Å². The average Bonchev–Trinajstić information content (AvgIpc) is 2.68. The summed E-state index contributed by atoms with van der Waals surface area (Å²) in [6.45, 7) is 6.42. The van der Waals surface area contributed by atoms with Crippen molar-refractivity contribution in [1.29, 1.82) is 0 Å². The van der Waals surface area contributed by atoms with Crippen LogP contribution in [0.1, 0.15) is 27.7 Å². The lowest BCUT2D eigenvalue weighted by Gasteiger charge is -2.38. The van der Waals surface area contributed by atoms with E-state index >= 15 is 0 Å². The molecule has 100 valence electrons. The molecule has 0 atom stereocenters. The van der Waals surface area contributed by atoms with Crippen molar-refractivity contribution in [3.05, 3.63) is 5.51 Å². The Morgan fingerprint density at radius 2 is 1.94 bits per heavy atom. The summed E-state index contributed by atoms with van der Waals surface area (Å²) in [5.74, 6) is -0.983. The standard InChI is InChI=1S/C10H16N4O3S/c1-9(2,6(15)16)10(3,4)13-7(17)12-8-14-11-5-18-8/h5H,1-4H3,(H,15,16)(H2,12,13,14,17). The lowest BCUT2D eigenvalue weighted by atomic mass is 9.74. The van der Waals surface area contributed by atoms with Crippen LogP contribution in [0, 0.1) is 5.41 Å². The van der Waals surface area contributed by atoms with E-state index in [1.54, 1.807) is 27.7 Å². The number of aliphatic carboxylic acids is 1. The summed E-state index contributed by atoms with van der Waals surface area (Å²) in [5.41, 5.74) is -0.541. The number of carboxylic acids is 1. The third-order valence-electron chi connectivity index (χ3n) is 3.10. The van der Waals surface area contributed by atoms with Crippen molar-refractivity contribution in [3.8, 4) is 0 Å². The Hall–Kier alpha value is -1.70. The summed E-state index contributed by atoms with van der Waals surface area (Å²) in [7, 11) is 0. The summed E-state index contributed by atoms with van der Waals surface area (Å²) < 4.78 is 0. The fourth-order valence-electron chi connectivity index (χ4n) is 1.06. The third-order valence-corrected chi connectivity index (χ3v) is 3.71. The molecule has 0 bridgehead atoms. The number of carbonyl (C=O) groups excluding carboxylic acids is 1. The molecule has 2 amide bonds. The Kier molecular flexibility index (Phi) is 3.90. The van der Waals surface area contributed by atoms with Gasteiger partial charge >= 0.3 is 12.0 Å². The van der Waals surface area contributed by atoms with E-state index in [1.807, 2.05) is 0 Å². The molecule has 1 aromatic rings. The lowest BCUT2D eigenvalue weighted by Crippen LogP contribution is -2.57. The summed E-state index contributed by atoms with van der Waals surface area (Å²) in [6, 6.07) is -0.508. The van der Waals surface area contributed by atoms with E-state index in [1.165, 1.54) is 16.8 Å². The maximum atomic E-state index is 11.7. The number of anilines is 1. The van der Waals surface area contributed by atoms with Crippen LogP contribution in [-0.4, -0.2) is 32.8 Å². The molecular weight excluding hydrogens is 256 g/mol. The van der Waals surface area contributed by atoms with E-state index in [9.17, 15) is 9.59 Å². The molecule has 7 nitrogen and oxygen atoms in total. The topological polar surface area (TPSA) is 104 Å². The summed E-state index contributed by atoms with van der Waals surface area (Å²) in [5, 5.41) is 21.9. The maximum Gasteiger partial charge on any atom is 0.321 e. The van der Waals surface area contributed by atoms with E-state index in [4.69, 9.17) is 5.11 Å². The van der Waals surface area contributed by atoms with Crippen molar-refractivity contribution in [3.63, 3.8) is 0 Å². The van der Waals surface area contributed by atoms with Gasteiger partial charge in [-0.15, -0.1) is 10.2 Å². The highest BCUT2D eigenvalue weighted by Crippen LogP contribution is 2.30. The van der Waals surface area contributed by atoms with Crippen LogP contribution >= 0.6 is 11.3 Å². The highest BCUT2D eigenvalue weighted by molar-refractivity contribution is 7.13. The van der Waals surface area contributed by atoms with Gasteiger partial charge in [0.2, 0.25) is 5.13 Å². The summed E-state index contributed by atoms with van der Waals surface area (Å²) >= 11 is 1.18. The molecule has 0 fully saturated rings. The van der Waals surface area contributed by atoms with Crippen LogP contribution in [0.15, 0.2) is 5.51 Å². The van der Waals surface area contributed by atoms with Crippen LogP contribution in [-0.2, 0) is 4.79 Å². The molecule has 1 heterocycles. The molecule has 0 aliphatic rings. The van der Waals surface area contributed by atoms with Gasteiger partial charge in [0.05, 0.1) is 11.0 Å². The van der Waals surface area contributed by atoms with Crippen LogP contribution < -0.4 is 10.6 Å². The summed E-state index contributed by atoms with van der Waals surface area (Å²) in [6.07, 6.45) is 0. The molecule has 1 rings (SSSR count). The van der Waals surface area contributed by atoms with Gasteiger partial charge in [-0.25, -0.2) is 4.79 Å². The van der Waals surface area contributed by atoms with E-state index in [2.05, 4.69) is 20.8 Å². The van der Waals surface area contributed by atoms with Gasteiger partial charge in [0.1, 0.15) is 5.51 Å². The summed E-state index contributed by atoms with van der Waals surface area (Å²) in [4.78, 5) is 22.9. The molecule has 0 aromatic carbocycles. The number of rotatable bonds is 4. The largest absolute Gasteiger partial charge is 0.481 e. The van der Waals surface area contributed by atoms with Crippen LogP contribution in [0.2, 0.25) is 0 Å². The minimum absolute atomic E-state index is 0.358. The van der Waals surface area contributed by atoms with Crippen molar-refractivity contribution in [2.24, 2.45) is 5.41 Å². The molecule has 0 radical (unpaired) electrons. The lowest BCUT2D eigenvalue weighted by molar-refractivity contribution is -0.150. The number of carboxylic acid groups (broad SMARTS) is 1. The molecule has 3 N–H and O–H groups in total. The number of carbonyl (C=O) groups is 2. The highest BCUT2D eigenvalue weighted by Gasteiger charge is 2.44. The quantitative estimate of drug-likeness (QED) is 0.771. The second-order valence-corrected chi connectivity index (χ2v) is 5.71. The fraction of sp³-hybridized carbons (Fsp3) is 0.600. The molecule has 0 aliphatic carbocycles. The smallest absolute Gasteiger partial charge is 0.321 e.